The molecule has 0 aliphatic heterocycles. The highest BCUT2D eigenvalue weighted by Gasteiger charge is 2.25. The van der Waals surface area contributed by atoms with Gasteiger partial charge in [-0.1, -0.05) is 74.5 Å². The maximum Gasteiger partial charge on any atom is 0.318 e. The van der Waals surface area contributed by atoms with E-state index in [2.05, 4.69) is 53.7 Å². The molecule has 0 saturated heterocycles. The number of nitrogens with one attached hydrogen (secondary N) is 2. The van der Waals surface area contributed by atoms with Gasteiger partial charge in [-0.3, -0.25) is 4.79 Å². The van der Waals surface area contributed by atoms with Gasteiger partial charge >= 0.3 is 6.03 Å². The van der Waals surface area contributed by atoms with E-state index in [1.54, 1.807) is 23.3 Å². The van der Waals surface area contributed by atoms with Crippen LogP contribution in [0.25, 0.3) is 0 Å². The van der Waals surface area contributed by atoms with Crippen molar-refractivity contribution in [3.8, 4) is 0 Å². The number of hydrogen-bond acceptors (Lipinski definition) is 6. The van der Waals surface area contributed by atoms with Gasteiger partial charge in [0.1, 0.15) is 6.04 Å². The Balaban J connectivity index is 1.61. The van der Waals surface area contributed by atoms with E-state index in [0.717, 1.165) is 35.5 Å². The monoisotopic (exact) mass is 564 g/mol. The molecule has 8 nitrogen and oxygen atoms in total. The first kappa shape index (κ1) is 31.3. The first-order valence-corrected chi connectivity index (χ1v) is 14.9. The lowest BCUT2D eigenvalue weighted by atomic mass is 9.96. The standard InChI is InChI=1S/C31H44N6O2S/c1-22(2)30-35-27(21-40-30)20-37(3)31(39)36-28(16-17-32)29(38)34-26(19-24-12-8-5-9-13-24)15-14-25(33)18-23-10-6-4-7-11-23/h4-13,21-22,25-26,28H,14-20,32-33H2,1-3H3,(H,34,38)(H,36,39). The van der Waals surface area contributed by atoms with E-state index < -0.39 is 6.04 Å². The molecule has 2 aromatic carbocycles. The Morgan fingerprint density at radius 2 is 1.55 bits per heavy atom. The van der Waals surface area contributed by atoms with Crippen LogP contribution >= 0.6 is 11.3 Å². The molecule has 1 heterocycles. The van der Waals surface area contributed by atoms with Gasteiger partial charge in [0.05, 0.1) is 17.2 Å². The predicted octanol–water partition coefficient (Wildman–Crippen LogP) is 4.20. The van der Waals surface area contributed by atoms with E-state index in [4.69, 9.17) is 11.5 Å². The van der Waals surface area contributed by atoms with Gasteiger partial charge in [-0.15, -0.1) is 11.3 Å². The van der Waals surface area contributed by atoms with Gasteiger partial charge in [-0.05, 0) is 49.8 Å². The molecule has 216 valence electrons. The summed E-state index contributed by atoms with van der Waals surface area (Å²) in [6.07, 6.45) is 3.28. The molecule has 0 radical (unpaired) electrons. The molecule has 3 unspecified atom stereocenters. The summed E-state index contributed by atoms with van der Waals surface area (Å²) >= 11 is 1.59. The molecule has 40 heavy (non-hydrogen) atoms. The maximum absolute atomic E-state index is 13.4. The predicted molar refractivity (Wildman–Crippen MR) is 163 cm³/mol. The number of urea groups is 1. The minimum Gasteiger partial charge on any atom is -0.351 e. The third kappa shape index (κ3) is 10.4. The molecule has 0 spiro atoms. The smallest absolute Gasteiger partial charge is 0.318 e. The van der Waals surface area contributed by atoms with Crippen LogP contribution in [0.5, 0.6) is 0 Å². The van der Waals surface area contributed by atoms with Gasteiger partial charge in [-0.25, -0.2) is 9.78 Å². The number of rotatable bonds is 15. The summed E-state index contributed by atoms with van der Waals surface area (Å²) < 4.78 is 0. The summed E-state index contributed by atoms with van der Waals surface area (Å²) in [6, 6.07) is 19.1. The molecule has 0 aliphatic carbocycles. The molecule has 1 aromatic heterocycles. The van der Waals surface area contributed by atoms with Gasteiger partial charge < -0.3 is 27.0 Å². The van der Waals surface area contributed by atoms with Gasteiger partial charge in [0.15, 0.2) is 0 Å². The zero-order valence-electron chi connectivity index (χ0n) is 23.9. The fourth-order valence-corrected chi connectivity index (χ4v) is 5.36. The van der Waals surface area contributed by atoms with Crippen LogP contribution in [0.4, 0.5) is 4.79 Å². The Kier molecular flexibility index (Phi) is 12.6. The highest BCUT2D eigenvalue weighted by atomic mass is 32.1. The molecule has 3 atom stereocenters. The first-order chi connectivity index (χ1) is 19.2. The van der Waals surface area contributed by atoms with Crippen molar-refractivity contribution in [1.82, 2.24) is 20.5 Å². The third-order valence-corrected chi connectivity index (χ3v) is 7.97. The van der Waals surface area contributed by atoms with Crippen LogP contribution < -0.4 is 22.1 Å². The Morgan fingerprint density at radius 3 is 2.12 bits per heavy atom. The van der Waals surface area contributed by atoms with E-state index in [0.29, 0.717) is 25.3 Å². The SMILES string of the molecule is CC(C)c1nc(CN(C)C(=O)NC(CCN)C(=O)NC(CCC(N)Cc2ccccc2)Cc2ccccc2)cs1. The lowest BCUT2D eigenvalue weighted by molar-refractivity contribution is -0.123. The van der Waals surface area contributed by atoms with Crippen LogP contribution in [0.1, 0.15) is 60.9 Å². The lowest BCUT2D eigenvalue weighted by Gasteiger charge is -2.26. The van der Waals surface area contributed by atoms with E-state index >= 15 is 0 Å². The molecule has 0 bridgehead atoms. The summed E-state index contributed by atoms with van der Waals surface area (Å²) in [5.74, 6) is 0.104. The molecule has 3 amide bonds. The minimum atomic E-state index is -0.738. The lowest BCUT2D eigenvalue weighted by Crippen LogP contribution is -2.53. The normalized spacial score (nSPS) is 13.4. The Hall–Kier alpha value is -3.27. The Morgan fingerprint density at radius 1 is 0.925 bits per heavy atom. The van der Waals surface area contributed by atoms with Gasteiger partial charge in [0.25, 0.3) is 0 Å². The minimum absolute atomic E-state index is 0.0207. The second kappa shape index (κ2) is 16.1. The molecule has 0 fully saturated rings. The van der Waals surface area contributed by atoms with E-state index in [1.165, 1.54) is 5.56 Å². The summed E-state index contributed by atoms with van der Waals surface area (Å²) in [7, 11) is 1.70. The summed E-state index contributed by atoms with van der Waals surface area (Å²) in [4.78, 5) is 32.6. The van der Waals surface area contributed by atoms with Crippen LogP contribution in [0, 0.1) is 0 Å². The Bertz CT molecular complexity index is 1170. The zero-order chi connectivity index (χ0) is 28.9. The first-order valence-electron chi connectivity index (χ1n) is 14.0. The average Bonchev–Trinajstić information content (AvgIpc) is 3.41. The van der Waals surface area contributed by atoms with Crippen molar-refractivity contribution in [3.05, 3.63) is 87.9 Å². The number of thiazole rings is 1. The number of benzene rings is 2. The third-order valence-electron chi connectivity index (χ3n) is 6.78. The fourth-order valence-electron chi connectivity index (χ4n) is 4.53. The number of nitrogens with zero attached hydrogens (tertiary/aromatic N) is 2. The highest BCUT2D eigenvalue weighted by Crippen LogP contribution is 2.20. The van der Waals surface area contributed by atoms with Crippen molar-refractivity contribution < 1.29 is 9.59 Å². The molecule has 0 aliphatic rings. The Labute approximate surface area is 242 Å². The van der Waals surface area contributed by atoms with Crippen LogP contribution in [0.2, 0.25) is 0 Å². The summed E-state index contributed by atoms with van der Waals surface area (Å²) in [6.45, 7) is 4.83. The van der Waals surface area contributed by atoms with Crippen LogP contribution in [-0.2, 0) is 24.2 Å². The molecule has 6 N–H and O–H groups in total. The highest BCUT2D eigenvalue weighted by molar-refractivity contribution is 7.09. The number of hydrogen-bond donors (Lipinski definition) is 4. The molecule has 9 heteroatoms. The van der Waals surface area contributed by atoms with Crippen molar-refractivity contribution in [2.45, 2.75) is 76.5 Å². The van der Waals surface area contributed by atoms with Crippen molar-refractivity contribution >= 4 is 23.3 Å². The second-order valence-corrected chi connectivity index (χ2v) is 11.6. The van der Waals surface area contributed by atoms with Crippen molar-refractivity contribution in [1.29, 1.82) is 0 Å². The van der Waals surface area contributed by atoms with E-state index in [9.17, 15) is 9.59 Å². The van der Waals surface area contributed by atoms with Crippen molar-refractivity contribution in [2.75, 3.05) is 13.6 Å². The maximum atomic E-state index is 13.4. The van der Waals surface area contributed by atoms with Crippen LogP contribution in [0.15, 0.2) is 66.0 Å². The van der Waals surface area contributed by atoms with Gasteiger partial charge in [-0.2, -0.15) is 0 Å². The van der Waals surface area contributed by atoms with E-state index in [-0.39, 0.29) is 30.6 Å². The van der Waals surface area contributed by atoms with Crippen molar-refractivity contribution in [2.24, 2.45) is 11.5 Å². The van der Waals surface area contributed by atoms with Crippen LogP contribution in [0.3, 0.4) is 0 Å². The summed E-state index contributed by atoms with van der Waals surface area (Å²) in [5.41, 5.74) is 15.5. The number of carbonyl (C=O) groups is 2. The molecular weight excluding hydrogens is 520 g/mol. The fraction of sp³-hybridized carbons (Fsp3) is 0.452. The average molecular weight is 565 g/mol. The van der Waals surface area contributed by atoms with Crippen LogP contribution in [-0.4, -0.2) is 53.5 Å². The topological polar surface area (TPSA) is 126 Å². The summed E-state index contributed by atoms with van der Waals surface area (Å²) in [5, 5.41) is 9.08. The van der Waals surface area contributed by atoms with Gasteiger partial charge in [0.2, 0.25) is 5.91 Å². The molecule has 0 saturated carbocycles. The quantitative estimate of drug-likeness (QED) is 0.220. The largest absolute Gasteiger partial charge is 0.351 e. The molecule has 3 rings (SSSR count). The second-order valence-electron chi connectivity index (χ2n) is 10.7. The molecular formula is C31H44N6O2S. The number of aromatic nitrogens is 1. The van der Waals surface area contributed by atoms with E-state index in [1.807, 2.05) is 41.8 Å². The van der Waals surface area contributed by atoms with Gasteiger partial charge in [0, 0.05) is 30.4 Å². The number of amides is 3. The zero-order valence-corrected chi connectivity index (χ0v) is 24.7. The molecule has 3 aromatic rings. The number of nitrogens with two attached hydrogens (primary N) is 2. The number of carbonyl (C=O) groups excluding carboxylic acids is 2. The van der Waals surface area contributed by atoms with Crippen molar-refractivity contribution in [3.63, 3.8) is 0 Å².